The first-order valence-corrected chi connectivity index (χ1v) is 12.8. The summed E-state index contributed by atoms with van der Waals surface area (Å²) in [6, 6.07) is 0. The molecule has 4 aliphatic rings. The molecule has 5 unspecified atom stereocenters. The molecule has 0 aliphatic heterocycles. The van der Waals surface area contributed by atoms with Gasteiger partial charge in [-0.15, -0.1) is 0 Å². The minimum absolute atomic E-state index is 0.171. The number of carbonyl (C=O) groups is 1. The fourth-order valence-corrected chi connectivity index (χ4v) is 8.15. The van der Waals surface area contributed by atoms with Gasteiger partial charge in [0.25, 0.3) is 0 Å². The van der Waals surface area contributed by atoms with E-state index in [9.17, 15) is 15.0 Å². The third kappa shape index (κ3) is 3.99. The van der Waals surface area contributed by atoms with Crippen molar-refractivity contribution in [2.45, 2.75) is 104 Å². The average molecular weight is 429 g/mol. The molecule has 174 valence electrons. The van der Waals surface area contributed by atoms with Crippen molar-refractivity contribution in [3.8, 4) is 0 Å². The van der Waals surface area contributed by atoms with Crippen molar-refractivity contribution in [2.75, 3.05) is 0 Å². The number of hydrogen-bond acceptors (Lipinski definition) is 3. The highest BCUT2D eigenvalue weighted by Crippen LogP contribution is 2.65. The maximum Gasteiger partial charge on any atom is 0.156 e. The number of hydrogen-bond donors (Lipinski definition) is 2. The molecule has 8 atom stereocenters. The van der Waals surface area contributed by atoms with Crippen molar-refractivity contribution >= 4 is 5.78 Å². The molecule has 0 aromatic carbocycles. The first-order valence-electron chi connectivity index (χ1n) is 12.8. The largest absolute Gasteiger partial charge is 0.390 e. The van der Waals surface area contributed by atoms with Crippen molar-refractivity contribution in [1.82, 2.24) is 0 Å². The predicted molar refractivity (Wildman–Crippen MR) is 125 cm³/mol. The van der Waals surface area contributed by atoms with Gasteiger partial charge in [0.1, 0.15) is 0 Å². The average Bonchev–Trinajstić information content (AvgIpc) is 2.70. The highest BCUT2D eigenvalue weighted by atomic mass is 16.3. The Bertz CT molecular complexity index is 759. The van der Waals surface area contributed by atoms with Crippen LogP contribution >= 0.6 is 0 Å². The van der Waals surface area contributed by atoms with Gasteiger partial charge in [0.15, 0.2) is 5.78 Å². The van der Waals surface area contributed by atoms with Crippen LogP contribution in [0.5, 0.6) is 0 Å². The fraction of sp³-hybridized carbons (Fsp3) is 0.821. The molecule has 0 amide bonds. The minimum Gasteiger partial charge on any atom is -0.390 e. The molecule has 3 heteroatoms. The van der Waals surface area contributed by atoms with Crippen LogP contribution in [0.15, 0.2) is 23.8 Å². The third-order valence-corrected chi connectivity index (χ3v) is 10.2. The van der Waals surface area contributed by atoms with E-state index in [4.69, 9.17) is 0 Å². The van der Waals surface area contributed by atoms with Gasteiger partial charge in [0.2, 0.25) is 0 Å². The Morgan fingerprint density at radius 3 is 2.58 bits per heavy atom. The molecule has 4 aliphatic carbocycles. The highest BCUT2D eigenvalue weighted by molar-refractivity contribution is 5.92. The molecular weight excluding hydrogens is 384 g/mol. The second-order valence-electron chi connectivity index (χ2n) is 12.4. The zero-order valence-corrected chi connectivity index (χ0v) is 20.4. The quantitative estimate of drug-likeness (QED) is 0.577. The Hall–Kier alpha value is -0.930. The van der Waals surface area contributed by atoms with E-state index in [0.717, 1.165) is 18.8 Å². The molecule has 2 saturated carbocycles. The van der Waals surface area contributed by atoms with E-state index < -0.39 is 11.7 Å². The molecule has 0 radical (unpaired) electrons. The lowest BCUT2D eigenvalue weighted by Crippen LogP contribution is -2.53. The van der Waals surface area contributed by atoms with Crippen molar-refractivity contribution in [3.63, 3.8) is 0 Å². The molecule has 3 nitrogen and oxygen atoms in total. The van der Waals surface area contributed by atoms with Gasteiger partial charge in [-0.3, -0.25) is 4.79 Å². The van der Waals surface area contributed by atoms with E-state index in [1.54, 1.807) is 13.8 Å². The normalized spacial score (nSPS) is 42.2. The van der Waals surface area contributed by atoms with Crippen LogP contribution in [0.1, 0.15) is 92.4 Å². The molecule has 31 heavy (non-hydrogen) atoms. The molecule has 2 fully saturated rings. The monoisotopic (exact) mass is 428 g/mol. The van der Waals surface area contributed by atoms with E-state index in [0.29, 0.717) is 47.7 Å². The van der Waals surface area contributed by atoms with Crippen molar-refractivity contribution in [3.05, 3.63) is 23.8 Å². The summed E-state index contributed by atoms with van der Waals surface area (Å²) < 4.78 is 0. The molecule has 0 aromatic rings. The second-order valence-corrected chi connectivity index (χ2v) is 12.4. The molecule has 2 N–H and O–H groups in total. The van der Waals surface area contributed by atoms with E-state index in [1.165, 1.54) is 37.7 Å². The van der Waals surface area contributed by atoms with Crippen molar-refractivity contribution in [2.24, 2.45) is 40.4 Å². The number of aliphatic hydroxyl groups excluding tert-OH is 1. The van der Waals surface area contributed by atoms with Crippen LogP contribution in [0.4, 0.5) is 0 Å². The summed E-state index contributed by atoms with van der Waals surface area (Å²) >= 11 is 0. The zero-order valence-electron chi connectivity index (χ0n) is 20.4. The summed E-state index contributed by atoms with van der Waals surface area (Å²) in [5, 5.41) is 20.5. The van der Waals surface area contributed by atoms with Crippen LogP contribution in [0.3, 0.4) is 0 Å². The van der Waals surface area contributed by atoms with Crippen LogP contribution in [-0.2, 0) is 4.79 Å². The Morgan fingerprint density at radius 1 is 1.13 bits per heavy atom. The van der Waals surface area contributed by atoms with Gasteiger partial charge in [-0.1, -0.05) is 39.3 Å². The van der Waals surface area contributed by atoms with E-state index >= 15 is 0 Å². The van der Waals surface area contributed by atoms with Gasteiger partial charge >= 0.3 is 0 Å². The number of carbonyl (C=O) groups excluding carboxylic acids is 1. The molecule has 4 rings (SSSR count). The summed E-state index contributed by atoms with van der Waals surface area (Å²) in [6.07, 6.45) is 15.9. The van der Waals surface area contributed by atoms with Crippen LogP contribution in [0.2, 0.25) is 0 Å². The lowest BCUT2D eigenvalue weighted by Gasteiger charge is -2.61. The molecule has 0 saturated heterocycles. The summed E-state index contributed by atoms with van der Waals surface area (Å²) in [5.74, 6) is 3.57. The van der Waals surface area contributed by atoms with E-state index in [-0.39, 0.29) is 5.41 Å². The predicted octanol–water partition coefficient (Wildman–Crippen LogP) is 5.85. The summed E-state index contributed by atoms with van der Waals surface area (Å²) in [7, 11) is 0. The number of rotatable bonds is 5. The van der Waals surface area contributed by atoms with E-state index in [2.05, 4.69) is 32.9 Å². The highest BCUT2D eigenvalue weighted by Gasteiger charge is 2.57. The lowest BCUT2D eigenvalue weighted by atomic mass is 9.43. The van der Waals surface area contributed by atoms with Gasteiger partial charge in [-0.2, -0.15) is 0 Å². The van der Waals surface area contributed by atoms with Gasteiger partial charge in [0.05, 0.1) is 11.7 Å². The summed E-state index contributed by atoms with van der Waals surface area (Å²) in [6.45, 7) is 10.8. The Labute approximate surface area is 189 Å². The van der Waals surface area contributed by atoms with Crippen LogP contribution in [0, 0.1) is 40.4 Å². The van der Waals surface area contributed by atoms with Crippen LogP contribution in [-0.4, -0.2) is 27.7 Å². The smallest absolute Gasteiger partial charge is 0.156 e. The first kappa shape index (κ1) is 23.2. The third-order valence-electron chi connectivity index (χ3n) is 10.2. The maximum atomic E-state index is 12.0. The van der Waals surface area contributed by atoms with E-state index in [1.807, 2.05) is 6.08 Å². The maximum absolute atomic E-state index is 12.0. The Balaban J connectivity index is 1.54. The standard InChI is InChI=1S/C28H44O3/c1-18(9-12-25(30)26(2,3)31)22-7-6-8-23-21-11-10-19-17-20(29)13-15-27(19,4)24(21)14-16-28(22,23)5/h10-11,17-18,21-25,30-31H,6-9,12-16H2,1-5H3/t18-,21?,22?,23+,24+,25?,27?,28?/m1/s1. The Morgan fingerprint density at radius 2 is 1.87 bits per heavy atom. The fourth-order valence-electron chi connectivity index (χ4n) is 8.15. The van der Waals surface area contributed by atoms with Gasteiger partial charge in [0, 0.05) is 6.42 Å². The molecule has 0 heterocycles. The van der Waals surface area contributed by atoms with Gasteiger partial charge < -0.3 is 10.2 Å². The number of ketones is 1. The molecule has 0 aromatic heterocycles. The number of allylic oxidation sites excluding steroid dienone is 4. The van der Waals surface area contributed by atoms with Crippen LogP contribution in [0.25, 0.3) is 0 Å². The van der Waals surface area contributed by atoms with Gasteiger partial charge in [-0.25, -0.2) is 0 Å². The number of fused-ring (bicyclic) bond motifs is 5. The zero-order chi connectivity index (χ0) is 22.6. The topological polar surface area (TPSA) is 57.5 Å². The number of aliphatic hydroxyl groups is 2. The first-order chi connectivity index (χ1) is 14.5. The van der Waals surface area contributed by atoms with Crippen molar-refractivity contribution in [1.29, 1.82) is 0 Å². The molecule has 0 bridgehead atoms. The van der Waals surface area contributed by atoms with Crippen LogP contribution < -0.4 is 0 Å². The Kier molecular flexibility index (Phi) is 6.10. The minimum atomic E-state index is -1.02. The molecular formula is C28H44O3. The SMILES string of the molecule is C[C@H](CCC(O)C(C)(C)O)C1CCC[C@H]2C3C=CC4=CC(=O)CCC4(C)[C@H]3CCC12C. The summed E-state index contributed by atoms with van der Waals surface area (Å²) in [5.41, 5.74) is 0.788. The van der Waals surface area contributed by atoms with Crippen molar-refractivity contribution < 1.29 is 15.0 Å². The second kappa shape index (κ2) is 8.13. The molecule has 0 spiro atoms. The lowest BCUT2D eigenvalue weighted by molar-refractivity contribution is -0.118. The summed E-state index contributed by atoms with van der Waals surface area (Å²) in [4.78, 5) is 12.0. The van der Waals surface area contributed by atoms with Gasteiger partial charge in [-0.05, 0) is 111 Å².